The zero-order chi connectivity index (χ0) is 16.7. The molecule has 0 aliphatic rings. The maximum atomic E-state index is 12.4. The van der Waals surface area contributed by atoms with E-state index >= 15 is 0 Å². The summed E-state index contributed by atoms with van der Waals surface area (Å²) in [6.45, 7) is -1.99. The Morgan fingerprint density at radius 2 is 2.09 bits per heavy atom. The fraction of sp³-hybridized carbons (Fsp3) is 0.267. The van der Waals surface area contributed by atoms with Crippen molar-refractivity contribution in [2.24, 2.45) is 4.99 Å². The van der Waals surface area contributed by atoms with E-state index in [1.165, 1.54) is 12.1 Å². The summed E-state index contributed by atoms with van der Waals surface area (Å²) in [7, 11) is 1.64. The first-order valence-corrected chi connectivity index (χ1v) is 8.04. The number of alkyl halides is 2. The third-order valence-electron chi connectivity index (χ3n) is 2.92. The van der Waals surface area contributed by atoms with Crippen LogP contribution in [0.25, 0.3) is 0 Å². The zero-order valence-corrected chi connectivity index (χ0v) is 13.9. The van der Waals surface area contributed by atoms with E-state index in [-0.39, 0.29) is 12.3 Å². The molecule has 8 heteroatoms. The molecule has 0 saturated heterocycles. The van der Waals surface area contributed by atoms with Gasteiger partial charge in [0.05, 0.1) is 6.54 Å². The maximum Gasteiger partial charge on any atom is 0.387 e. The fourth-order valence-electron chi connectivity index (χ4n) is 1.88. The number of thiophene rings is 1. The van der Waals surface area contributed by atoms with E-state index in [0.717, 1.165) is 4.88 Å². The Morgan fingerprint density at radius 1 is 1.30 bits per heavy atom. The van der Waals surface area contributed by atoms with Crippen LogP contribution >= 0.6 is 22.9 Å². The molecule has 0 saturated carbocycles. The molecule has 0 fully saturated rings. The Labute approximate surface area is 142 Å². The first-order chi connectivity index (χ1) is 11.1. The highest BCUT2D eigenvalue weighted by Gasteiger charge is 2.11. The van der Waals surface area contributed by atoms with Crippen molar-refractivity contribution < 1.29 is 13.5 Å². The van der Waals surface area contributed by atoms with Crippen LogP contribution in [0.1, 0.15) is 10.4 Å². The van der Waals surface area contributed by atoms with Gasteiger partial charge in [-0.25, -0.2) is 0 Å². The number of halogens is 3. The number of nitrogens with zero attached hydrogens (tertiary/aromatic N) is 1. The van der Waals surface area contributed by atoms with Crippen molar-refractivity contribution in [1.82, 2.24) is 10.6 Å². The van der Waals surface area contributed by atoms with Gasteiger partial charge in [0.2, 0.25) is 0 Å². The van der Waals surface area contributed by atoms with Crippen LogP contribution in [0.15, 0.2) is 40.7 Å². The number of guanidine groups is 1. The van der Waals surface area contributed by atoms with Gasteiger partial charge in [-0.15, -0.1) is 11.3 Å². The molecule has 2 aromatic rings. The minimum absolute atomic E-state index is 0.0885. The summed E-state index contributed by atoms with van der Waals surface area (Å²) in [4.78, 5) is 5.26. The van der Waals surface area contributed by atoms with Gasteiger partial charge >= 0.3 is 6.61 Å². The second-order valence-electron chi connectivity index (χ2n) is 4.49. The smallest absolute Gasteiger partial charge is 0.387 e. The molecule has 1 aromatic carbocycles. The molecule has 124 valence electrons. The normalized spacial score (nSPS) is 11.6. The molecule has 4 nitrogen and oxygen atoms in total. The molecule has 0 aliphatic heterocycles. The molecule has 0 atom stereocenters. The van der Waals surface area contributed by atoms with Crippen LogP contribution in [0.4, 0.5) is 8.78 Å². The van der Waals surface area contributed by atoms with Crippen molar-refractivity contribution in [1.29, 1.82) is 0 Å². The monoisotopic (exact) mass is 359 g/mol. The summed E-state index contributed by atoms with van der Waals surface area (Å²) >= 11 is 7.55. The highest BCUT2D eigenvalue weighted by molar-refractivity contribution is 7.09. The van der Waals surface area contributed by atoms with Crippen LogP contribution in [0, 0.1) is 0 Å². The molecule has 2 N–H and O–H groups in total. The molecule has 1 aromatic heterocycles. The average Bonchev–Trinajstić information content (AvgIpc) is 3.03. The predicted octanol–water partition coefficient (Wildman–Crippen LogP) is 3.87. The Hall–Kier alpha value is -1.86. The van der Waals surface area contributed by atoms with E-state index in [2.05, 4.69) is 20.4 Å². The molecule has 2 rings (SSSR count). The van der Waals surface area contributed by atoms with Gasteiger partial charge < -0.3 is 15.4 Å². The van der Waals surface area contributed by atoms with Crippen molar-refractivity contribution in [2.75, 3.05) is 7.05 Å². The molecule has 0 aliphatic carbocycles. The quantitative estimate of drug-likeness (QED) is 0.608. The van der Waals surface area contributed by atoms with E-state index < -0.39 is 6.61 Å². The number of hydrogen-bond acceptors (Lipinski definition) is 3. The van der Waals surface area contributed by atoms with Gasteiger partial charge in [-0.3, -0.25) is 4.99 Å². The lowest BCUT2D eigenvalue weighted by molar-refractivity contribution is -0.0504. The number of ether oxygens (including phenoxy) is 1. The maximum absolute atomic E-state index is 12.4. The summed E-state index contributed by atoms with van der Waals surface area (Å²) in [5, 5.41) is 8.64. The van der Waals surface area contributed by atoms with Gasteiger partial charge in [0.1, 0.15) is 5.75 Å². The standard InChI is InChI=1S/C15H16ClF2N3OS/c1-19-15(21-9-12-3-2-6-23-12)20-8-10-7-11(16)4-5-13(10)22-14(17)18/h2-7,14H,8-9H2,1H3,(H2,19,20,21). The fourth-order valence-corrected chi connectivity index (χ4v) is 2.72. The van der Waals surface area contributed by atoms with Crippen LogP contribution < -0.4 is 15.4 Å². The van der Waals surface area contributed by atoms with Crippen LogP contribution in [-0.4, -0.2) is 19.6 Å². The number of benzene rings is 1. The van der Waals surface area contributed by atoms with E-state index in [1.54, 1.807) is 24.5 Å². The van der Waals surface area contributed by atoms with Crippen LogP contribution in [0.5, 0.6) is 5.75 Å². The molecule has 23 heavy (non-hydrogen) atoms. The summed E-state index contributed by atoms with van der Waals surface area (Å²) in [6.07, 6.45) is 0. The SMILES string of the molecule is CN=C(NCc1cccs1)NCc1cc(Cl)ccc1OC(F)F. The lowest BCUT2D eigenvalue weighted by atomic mass is 10.2. The van der Waals surface area contributed by atoms with Gasteiger partial charge in [0.25, 0.3) is 0 Å². The number of hydrogen-bond donors (Lipinski definition) is 2. The average molecular weight is 360 g/mol. The highest BCUT2D eigenvalue weighted by Crippen LogP contribution is 2.24. The van der Waals surface area contributed by atoms with Crippen molar-refractivity contribution in [3.05, 3.63) is 51.2 Å². The van der Waals surface area contributed by atoms with Crippen molar-refractivity contribution in [2.45, 2.75) is 19.7 Å². The molecular weight excluding hydrogens is 344 g/mol. The van der Waals surface area contributed by atoms with Gasteiger partial charge in [-0.05, 0) is 29.6 Å². The Kier molecular flexibility index (Phi) is 6.61. The molecule has 1 heterocycles. The van der Waals surface area contributed by atoms with Crippen LogP contribution in [0.3, 0.4) is 0 Å². The number of aliphatic imine (C=N–C) groups is 1. The van der Waals surface area contributed by atoms with Crippen molar-refractivity contribution in [3.63, 3.8) is 0 Å². The molecule has 0 unspecified atom stereocenters. The van der Waals surface area contributed by atoms with Gasteiger partial charge in [0.15, 0.2) is 5.96 Å². The van der Waals surface area contributed by atoms with Gasteiger partial charge in [0, 0.05) is 29.1 Å². The first kappa shape index (κ1) is 17.5. The van der Waals surface area contributed by atoms with E-state index in [9.17, 15) is 8.78 Å². The predicted molar refractivity (Wildman–Crippen MR) is 89.4 cm³/mol. The summed E-state index contributed by atoms with van der Waals surface area (Å²) < 4.78 is 29.4. The lowest BCUT2D eigenvalue weighted by Gasteiger charge is -2.14. The van der Waals surface area contributed by atoms with Gasteiger partial charge in [-0.2, -0.15) is 8.78 Å². The second kappa shape index (κ2) is 8.69. The second-order valence-corrected chi connectivity index (χ2v) is 5.96. The van der Waals surface area contributed by atoms with Crippen molar-refractivity contribution >= 4 is 28.9 Å². The van der Waals surface area contributed by atoms with Gasteiger partial charge in [-0.1, -0.05) is 17.7 Å². The van der Waals surface area contributed by atoms with Crippen molar-refractivity contribution in [3.8, 4) is 5.75 Å². The molecule has 0 bridgehead atoms. The lowest BCUT2D eigenvalue weighted by Crippen LogP contribution is -2.36. The number of rotatable bonds is 6. The van der Waals surface area contributed by atoms with E-state index in [0.29, 0.717) is 23.1 Å². The third kappa shape index (κ3) is 5.69. The molecular formula is C15H16ClF2N3OS. The number of nitrogens with one attached hydrogen (secondary N) is 2. The molecule has 0 amide bonds. The minimum atomic E-state index is -2.88. The van der Waals surface area contributed by atoms with E-state index in [1.807, 2.05) is 17.5 Å². The Balaban J connectivity index is 1.96. The summed E-state index contributed by atoms with van der Waals surface area (Å²) in [6, 6.07) is 8.49. The Bertz CT molecular complexity index is 650. The van der Waals surface area contributed by atoms with Crippen LogP contribution in [0.2, 0.25) is 5.02 Å². The van der Waals surface area contributed by atoms with E-state index in [4.69, 9.17) is 11.6 Å². The summed E-state index contributed by atoms with van der Waals surface area (Å²) in [5.74, 6) is 0.645. The first-order valence-electron chi connectivity index (χ1n) is 6.78. The minimum Gasteiger partial charge on any atom is -0.434 e. The topological polar surface area (TPSA) is 45.7 Å². The third-order valence-corrected chi connectivity index (χ3v) is 4.03. The molecule has 0 radical (unpaired) electrons. The zero-order valence-electron chi connectivity index (χ0n) is 12.4. The Morgan fingerprint density at radius 3 is 2.74 bits per heavy atom. The largest absolute Gasteiger partial charge is 0.434 e. The van der Waals surface area contributed by atoms with Crippen LogP contribution in [-0.2, 0) is 13.1 Å². The molecule has 0 spiro atoms. The summed E-state index contributed by atoms with van der Waals surface area (Å²) in [5.41, 5.74) is 0.525. The highest BCUT2D eigenvalue weighted by atomic mass is 35.5.